The minimum Gasteiger partial charge on any atom is -0.462 e. The maximum absolute atomic E-state index is 5.67. The fourth-order valence-corrected chi connectivity index (χ4v) is 1.13. The zero-order valence-corrected chi connectivity index (χ0v) is 8.29. The Morgan fingerprint density at radius 1 is 1.23 bits per heavy atom. The molecule has 0 aliphatic heterocycles. The second-order valence-electron chi connectivity index (χ2n) is 2.85. The molecule has 1 nitrogen and oxygen atoms in total. The molecule has 0 unspecified atom stereocenters. The van der Waals surface area contributed by atoms with Crippen molar-refractivity contribution in [2.45, 2.75) is 26.7 Å². The lowest BCUT2D eigenvalue weighted by Gasteiger charge is -2.07. The summed E-state index contributed by atoms with van der Waals surface area (Å²) in [6.45, 7) is 4.22. The molecule has 1 heteroatoms. The summed E-state index contributed by atoms with van der Waals surface area (Å²) < 4.78 is 5.67. The van der Waals surface area contributed by atoms with Gasteiger partial charge in [0, 0.05) is 6.42 Å². The molecule has 0 atom stereocenters. The molecule has 0 radical (unpaired) electrons. The van der Waals surface area contributed by atoms with E-state index in [1.54, 1.807) is 0 Å². The van der Waals surface area contributed by atoms with Crippen LogP contribution < -0.4 is 4.74 Å². The van der Waals surface area contributed by atoms with Gasteiger partial charge in [0.05, 0.1) is 5.76 Å². The molecule has 0 aliphatic carbocycles. The molecule has 1 aromatic carbocycles. The molecule has 0 N–H and O–H groups in total. The zero-order valence-electron chi connectivity index (χ0n) is 8.29. The molecule has 0 heterocycles. The molecule has 1 aromatic rings. The van der Waals surface area contributed by atoms with Gasteiger partial charge in [-0.3, -0.25) is 0 Å². The van der Waals surface area contributed by atoms with E-state index < -0.39 is 0 Å². The van der Waals surface area contributed by atoms with Gasteiger partial charge >= 0.3 is 0 Å². The van der Waals surface area contributed by atoms with Gasteiger partial charge < -0.3 is 4.74 Å². The largest absolute Gasteiger partial charge is 0.462 e. The van der Waals surface area contributed by atoms with Gasteiger partial charge in [0.1, 0.15) is 5.75 Å². The number of hydrogen-bond acceptors (Lipinski definition) is 1. The predicted molar refractivity (Wildman–Crippen MR) is 55.7 cm³/mol. The van der Waals surface area contributed by atoms with Gasteiger partial charge in [-0.05, 0) is 24.6 Å². The number of rotatable bonds is 4. The van der Waals surface area contributed by atoms with E-state index >= 15 is 0 Å². The average molecular weight is 176 g/mol. The molecule has 13 heavy (non-hydrogen) atoms. The average Bonchev–Trinajstić information content (AvgIpc) is 2.19. The van der Waals surface area contributed by atoms with Gasteiger partial charge in [-0.15, -0.1) is 0 Å². The van der Waals surface area contributed by atoms with Gasteiger partial charge in [-0.2, -0.15) is 0 Å². The normalized spacial score (nSPS) is 11.4. The first-order valence-corrected chi connectivity index (χ1v) is 4.78. The van der Waals surface area contributed by atoms with Crippen LogP contribution in [0.25, 0.3) is 0 Å². The highest BCUT2D eigenvalue weighted by Crippen LogP contribution is 2.14. The SMILES string of the molecule is CC/C=C(/CC)Oc1ccccc1. The van der Waals surface area contributed by atoms with Crippen LogP contribution in [0.15, 0.2) is 42.2 Å². The van der Waals surface area contributed by atoms with Crippen LogP contribution in [-0.2, 0) is 0 Å². The van der Waals surface area contributed by atoms with E-state index in [-0.39, 0.29) is 0 Å². The molecule has 0 amide bonds. The second kappa shape index (κ2) is 5.41. The summed E-state index contributed by atoms with van der Waals surface area (Å²) in [6.07, 6.45) is 4.09. The van der Waals surface area contributed by atoms with Gasteiger partial charge in [-0.1, -0.05) is 32.0 Å². The Kier molecular flexibility index (Phi) is 4.10. The van der Waals surface area contributed by atoms with E-state index in [0.29, 0.717) is 0 Å². The third kappa shape index (κ3) is 3.32. The monoisotopic (exact) mass is 176 g/mol. The van der Waals surface area contributed by atoms with Crippen LogP contribution in [0.3, 0.4) is 0 Å². The first-order chi connectivity index (χ1) is 6.36. The van der Waals surface area contributed by atoms with E-state index in [1.807, 2.05) is 30.3 Å². The fourth-order valence-electron chi connectivity index (χ4n) is 1.13. The van der Waals surface area contributed by atoms with Crippen molar-refractivity contribution < 1.29 is 4.74 Å². The molecule has 0 bridgehead atoms. The molecule has 0 saturated heterocycles. The van der Waals surface area contributed by atoms with Crippen molar-refractivity contribution in [1.82, 2.24) is 0 Å². The highest BCUT2D eigenvalue weighted by Gasteiger charge is 1.95. The summed E-state index contributed by atoms with van der Waals surface area (Å²) in [5.74, 6) is 1.97. The Bertz CT molecular complexity index is 262. The Morgan fingerprint density at radius 2 is 1.92 bits per heavy atom. The Balaban J connectivity index is 2.62. The van der Waals surface area contributed by atoms with Crippen molar-refractivity contribution >= 4 is 0 Å². The summed E-state index contributed by atoms with van der Waals surface area (Å²) in [5, 5.41) is 0. The van der Waals surface area contributed by atoms with Gasteiger partial charge in [0.25, 0.3) is 0 Å². The quantitative estimate of drug-likeness (QED) is 0.634. The molecule has 0 aromatic heterocycles. The van der Waals surface area contributed by atoms with Gasteiger partial charge in [0.2, 0.25) is 0 Å². The van der Waals surface area contributed by atoms with Crippen LogP contribution in [-0.4, -0.2) is 0 Å². The summed E-state index contributed by atoms with van der Waals surface area (Å²) in [4.78, 5) is 0. The minimum atomic E-state index is 0.920. The van der Waals surface area contributed by atoms with Crippen molar-refractivity contribution in [3.05, 3.63) is 42.2 Å². The minimum absolute atomic E-state index is 0.920. The lowest BCUT2D eigenvalue weighted by atomic mass is 10.3. The van der Waals surface area contributed by atoms with E-state index in [1.165, 1.54) is 0 Å². The van der Waals surface area contributed by atoms with Crippen LogP contribution in [0.5, 0.6) is 5.75 Å². The topological polar surface area (TPSA) is 9.23 Å². The molecule has 0 saturated carbocycles. The maximum Gasteiger partial charge on any atom is 0.126 e. The summed E-state index contributed by atoms with van der Waals surface area (Å²) >= 11 is 0. The molecule has 0 spiro atoms. The Labute approximate surface area is 80.0 Å². The van der Waals surface area contributed by atoms with Crippen LogP contribution in [0.2, 0.25) is 0 Å². The molecule has 1 rings (SSSR count). The number of ether oxygens (including phenoxy) is 1. The van der Waals surface area contributed by atoms with Crippen molar-refractivity contribution in [2.24, 2.45) is 0 Å². The Morgan fingerprint density at radius 3 is 2.46 bits per heavy atom. The van der Waals surface area contributed by atoms with Gasteiger partial charge in [0.15, 0.2) is 0 Å². The third-order valence-corrected chi connectivity index (χ3v) is 1.77. The van der Waals surface area contributed by atoms with Crippen LogP contribution in [0, 0.1) is 0 Å². The zero-order chi connectivity index (χ0) is 9.52. The highest BCUT2D eigenvalue weighted by molar-refractivity contribution is 5.23. The van der Waals surface area contributed by atoms with Crippen LogP contribution in [0.4, 0.5) is 0 Å². The molecule has 0 aliphatic rings. The predicted octanol–water partition coefficient (Wildman–Crippen LogP) is 3.77. The first-order valence-electron chi connectivity index (χ1n) is 4.78. The van der Waals surface area contributed by atoms with E-state index in [0.717, 1.165) is 24.4 Å². The van der Waals surface area contributed by atoms with Crippen LogP contribution in [0.1, 0.15) is 26.7 Å². The lowest BCUT2D eigenvalue weighted by molar-refractivity contribution is 0.407. The smallest absolute Gasteiger partial charge is 0.126 e. The van der Waals surface area contributed by atoms with Crippen LogP contribution >= 0.6 is 0 Å². The second-order valence-corrected chi connectivity index (χ2v) is 2.85. The lowest BCUT2D eigenvalue weighted by Crippen LogP contribution is -1.93. The molecular formula is C12H16O. The highest BCUT2D eigenvalue weighted by atomic mass is 16.5. The standard InChI is InChI=1S/C12H16O/c1-3-8-11(4-2)13-12-9-6-5-7-10-12/h5-10H,3-4H2,1-2H3/b11-8-. The number of para-hydroxylation sites is 1. The number of hydrogen-bond donors (Lipinski definition) is 0. The molecule has 70 valence electrons. The third-order valence-electron chi connectivity index (χ3n) is 1.77. The summed E-state index contributed by atoms with van der Waals surface area (Å²) in [6, 6.07) is 9.89. The molecule has 0 fully saturated rings. The molecular weight excluding hydrogens is 160 g/mol. The van der Waals surface area contributed by atoms with Crippen molar-refractivity contribution in [1.29, 1.82) is 0 Å². The number of benzene rings is 1. The van der Waals surface area contributed by atoms with Crippen molar-refractivity contribution in [3.63, 3.8) is 0 Å². The van der Waals surface area contributed by atoms with E-state index in [9.17, 15) is 0 Å². The van der Waals surface area contributed by atoms with E-state index in [2.05, 4.69) is 19.9 Å². The number of allylic oxidation sites excluding steroid dienone is 2. The van der Waals surface area contributed by atoms with Gasteiger partial charge in [-0.25, -0.2) is 0 Å². The first kappa shape index (κ1) is 9.85. The summed E-state index contributed by atoms with van der Waals surface area (Å²) in [5.41, 5.74) is 0. The van der Waals surface area contributed by atoms with Crippen molar-refractivity contribution in [2.75, 3.05) is 0 Å². The Hall–Kier alpha value is -1.24. The summed E-state index contributed by atoms with van der Waals surface area (Å²) in [7, 11) is 0. The maximum atomic E-state index is 5.67. The fraction of sp³-hybridized carbons (Fsp3) is 0.333. The van der Waals surface area contributed by atoms with Crippen molar-refractivity contribution in [3.8, 4) is 5.75 Å². The van der Waals surface area contributed by atoms with E-state index in [4.69, 9.17) is 4.74 Å².